The zero-order chi connectivity index (χ0) is 15.8. The van der Waals surface area contributed by atoms with Crippen molar-refractivity contribution in [2.24, 2.45) is 5.92 Å². The first kappa shape index (κ1) is 19.9. The summed E-state index contributed by atoms with van der Waals surface area (Å²) < 4.78 is 0. The van der Waals surface area contributed by atoms with Crippen LogP contribution in [-0.4, -0.2) is 46.6 Å². The smallest absolute Gasteiger partial charge is 0.352 e. The monoisotopic (exact) mass is 385 g/mol. The van der Waals surface area contributed by atoms with Crippen LogP contribution in [0.25, 0.3) is 10.9 Å². The molecular formula is C18H25Cl2N3O2. The van der Waals surface area contributed by atoms with E-state index in [1.807, 2.05) is 18.2 Å². The van der Waals surface area contributed by atoms with E-state index in [0.29, 0.717) is 6.04 Å². The lowest BCUT2D eigenvalue weighted by molar-refractivity contribution is 0.0691. The summed E-state index contributed by atoms with van der Waals surface area (Å²) in [5.41, 5.74) is 2.19. The number of anilines is 1. The number of hydrogen-bond acceptors (Lipinski definition) is 3. The van der Waals surface area contributed by atoms with Crippen molar-refractivity contribution in [3.63, 3.8) is 0 Å². The number of fused-ring (bicyclic) bond motifs is 1. The van der Waals surface area contributed by atoms with Crippen molar-refractivity contribution in [3.8, 4) is 0 Å². The van der Waals surface area contributed by atoms with Crippen LogP contribution in [0.5, 0.6) is 0 Å². The zero-order valence-electron chi connectivity index (χ0n) is 14.0. The average Bonchev–Trinajstić information content (AvgIpc) is 3.24. The predicted molar refractivity (Wildman–Crippen MR) is 106 cm³/mol. The predicted octanol–water partition coefficient (Wildman–Crippen LogP) is 4.00. The Balaban J connectivity index is 0.00000113. The van der Waals surface area contributed by atoms with Crippen LogP contribution in [0.3, 0.4) is 0 Å². The van der Waals surface area contributed by atoms with Gasteiger partial charge in [-0.05, 0) is 55.9 Å². The van der Waals surface area contributed by atoms with Gasteiger partial charge >= 0.3 is 5.97 Å². The number of nitrogens with one attached hydrogen (secondary N) is 2. The standard InChI is InChI=1S/C18H23N3O2.2ClH/c22-18(23)17-10-13-9-15(3-4-16(13)20-17)19-14-5-7-21(8-6-14)11-12-1-2-12;;/h3-4,9-10,12,14,19-20H,1-2,5-8,11H2,(H,22,23);2*1H. The van der Waals surface area contributed by atoms with E-state index >= 15 is 0 Å². The Kier molecular flexibility index (Phi) is 6.60. The molecule has 0 atom stereocenters. The summed E-state index contributed by atoms with van der Waals surface area (Å²) >= 11 is 0. The number of nitrogens with zero attached hydrogens (tertiary/aromatic N) is 1. The molecule has 2 aliphatic rings. The minimum atomic E-state index is -0.918. The number of aromatic carboxylic acids is 1. The molecule has 2 heterocycles. The first-order valence-electron chi connectivity index (χ1n) is 8.52. The van der Waals surface area contributed by atoms with Crippen LogP contribution >= 0.6 is 24.8 Å². The SMILES string of the molecule is Cl.Cl.O=C(O)c1cc2cc(NC3CCN(CC4CC4)CC3)ccc2[nH]1. The van der Waals surface area contributed by atoms with E-state index in [-0.39, 0.29) is 30.5 Å². The minimum Gasteiger partial charge on any atom is -0.477 e. The van der Waals surface area contributed by atoms with E-state index < -0.39 is 5.97 Å². The van der Waals surface area contributed by atoms with Crippen molar-refractivity contribution in [2.45, 2.75) is 31.7 Å². The largest absolute Gasteiger partial charge is 0.477 e. The van der Waals surface area contributed by atoms with Crippen molar-refractivity contribution < 1.29 is 9.90 Å². The maximum absolute atomic E-state index is 11.0. The summed E-state index contributed by atoms with van der Waals surface area (Å²) in [6, 6.07) is 8.23. The number of carbonyl (C=O) groups is 1. The number of likely N-dealkylation sites (tertiary alicyclic amines) is 1. The molecule has 138 valence electrons. The molecule has 0 spiro atoms. The van der Waals surface area contributed by atoms with E-state index in [1.54, 1.807) is 6.07 Å². The number of H-pyrrole nitrogens is 1. The molecule has 0 radical (unpaired) electrons. The molecule has 5 nitrogen and oxygen atoms in total. The maximum atomic E-state index is 11.0. The number of halogens is 2. The van der Waals surface area contributed by atoms with Gasteiger partial charge in [-0.25, -0.2) is 4.79 Å². The number of carboxylic acid groups (broad SMARTS) is 1. The molecule has 1 saturated carbocycles. The van der Waals surface area contributed by atoms with Crippen molar-refractivity contribution in [1.82, 2.24) is 9.88 Å². The molecule has 7 heteroatoms. The van der Waals surface area contributed by atoms with Gasteiger partial charge in [0.2, 0.25) is 0 Å². The van der Waals surface area contributed by atoms with E-state index in [4.69, 9.17) is 5.11 Å². The van der Waals surface area contributed by atoms with E-state index in [2.05, 4.69) is 15.2 Å². The summed E-state index contributed by atoms with van der Waals surface area (Å²) in [5, 5.41) is 13.6. The number of piperidine rings is 1. The fourth-order valence-electron chi connectivity index (χ4n) is 3.50. The summed E-state index contributed by atoms with van der Waals surface area (Å²) in [6.07, 6.45) is 5.21. The molecule has 1 aliphatic carbocycles. The van der Waals surface area contributed by atoms with Gasteiger partial charge in [0, 0.05) is 42.3 Å². The fraction of sp³-hybridized carbons (Fsp3) is 0.500. The lowest BCUT2D eigenvalue weighted by Gasteiger charge is -2.32. The van der Waals surface area contributed by atoms with Gasteiger partial charge in [0.25, 0.3) is 0 Å². The Morgan fingerprint density at radius 2 is 1.88 bits per heavy atom. The quantitative estimate of drug-likeness (QED) is 0.727. The van der Waals surface area contributed by atoms with Gasteiger partial charge in [0.05, 0.1) is 0 Å². The lowest BCUT2D eigenvalue weighted by atomic mass is 10.0. The van der Waals surface area contributed by atoms with Crippen molar-refractivity contribution >= 4 is 47.4 Å². The molecule has 1 aliphatic heterocycles. The van der Waals surface area contributed by atoms with E-state index in [0.717, 1.165) is 22.5 Å². The van der Waals surface area contributed by atoms with Gasteiger partial charge in [-0.1, -0.05) is 0 Å². The summed E-state index contributed by atoms with van der Waals surface area (Å²) in [6.45, 7) is 3.66. The van der Waals surface area contributed by atoms with Gasteiger partial charge < -0.3 is 20.3 Å². The Bertz CT molecular complexity index is 722. The topological polar surface area (TPSA) is 68.4 Å². The van der Waals surface area contributed by atoms with Gasteiger partial charge in [0.15, 0.2) is 0 Å². The average molecular weight is 386 g/mol. The normalized spacial score (nSPS) is 18.4. The first-order chi connectivity index (χ1) is 11.2. The van der Waals surface area contributed by atoms with Crippen LogP contribution in [0.2, 0.25) is 0 Å². The molecule has 4 rings (SSSR count). The Morgan fingerprint density at radius 1 is 1.16 bits per heavy atom. The fourth-order valence-corrected chi connectivity index (χ4v) is 3.50. The Hall–Kier alpha value is -1.43. The second-order valence-electron chi connectivity index (χ2n) is 6.95. The minimum absolute atomic E-state index is 0. The van der Waals surface area contributed by atoms with Crippen LogP contribution in [0.4, 0.5) is 5.69 Å². The molecule has 1 aromatic carbocycles. The van der Waals surface area contributed by atoms with Crippen molar-refractivity contribution in [2.75, 3.05) is 25.0 Å². The van der Waals surface area contributed by atoms with Gasteiger partial charge in [-0.2, -0.15) is 0 Å². The van der Waals surface area contributed by atoms with Crippen molar-refractivity contribution in [1.29, 1.82) is 0 Å². The molecule has 2 aromatic rings. The number of aromatic amines is 1. The highest BCUT2D eigenvalue weighted by Gasteiger charge is 2.27. The van der Waals surface area contributed by atoms with Crippen molar-refractivity contribution in [3.05, 3.63) is 30.0 Å². The van der Waals surface area contributed by atoms with Gasteiger partial charge in [-0.15, -0.1) is 24.8 Å². The third-order valence-electron chi connectivity index (χ3n) is 5.02. The zero-order valence-corrected chi connectivity index (χ0v) is 15.7. The van der Waals surface area contributed by atoms with Gasteiger partial charge in [-0.3, -0.25) is 0 Å². The highest BCUT2D eigenvalue weighted by Crippen LogP contribution is 2.31. The van der Waals surface area contributed by atoms with Crippen LogP contribution < -0.4 is 5.32 Å². The van der Waals surface area contributed by atoms with Crippen LogP contribution in [0.1, 0.15) is 36.2 Å². The van der Waals surface area contributed by atoms with Gasteiger partial charge in [0.1, 0.15) is 5.69 Å². The molecule has 2 fully saturated rings. The highest BCUT2D eigenvalue weighted by atomic mass is 35.5. The first-order valence-corrected chi connectivity index (χ1v) is 8.52. The van der Waals surface area contributed by atoms with E-state index in [1.165, 1.54) is 45.3 Å². The molecular weight excluding hydrogens is 361 g/mol. The Labute approximate surface area is 160 Å². The molecule has 0 unspecified atom stereocenters. The number of rotatable bonds is 5. The number of carboxylic acids is 1. The summed E-state index contributed by atoms with van der Waals surface area (Å²) in [7, 11) is 0. The molecule has 1 saturated heterocycles. The molecule has 0 amide bonds. The number of benzene rings is 1. The number of aromatic nitrogens is 1. The number of hydrogen-bond donors (Lipinski definition) is 3. The summed E-state index contributed by atoms with van der Waals surface area (Å²) in [5.74, 6) is 0.0534. The maximum Gasteiger partial charge on any atom is 0.352 e. The Morgan fingerprint density at radius 3 is 2.52 bits per heavy atom. The lowest BCUT2D eigenvalue weighted by Crippen LogP contribution is -2.39. The van der Waals surface area contributed by atoms with Crippen LogP contribution in [-0.2, 0) is 0 Å². The summed E-state index contributed by atoms with van der Waals surface area (Å²) in [4.78, 5) is 16.6. The van der Waals surface area contributed by atoms with E-state index in [9.17, 15) is 4.79 Å². The van der Waals surface area contributed by atoms with Crippen LogP contribution in [0, 0.1) is 5.92 Å². The molecule has 1 aromatic heterocycles. The third kappa shape index (κ3) is 4.81. The second-order valence-corrected chi connectivity index (χ2v) is 6.95. The third-order valence-corrected chi connectivity index (χ3v) is 5.02. The molecule has 0 bridgehead atoms. The van der Waals surface area contributed by atoms with Crippen LogP contribution in [0.15, 0.2) is 24.3 Å². The second kappa shape index (κ2) is 8.30. The molecule has 3 N–H and O–H groups in total. The highest BCUT2D eigenvalue weighted by molar-refractivity contribution is 5.94. The molecule has 25 heavy (non-hydrogen) atoms.